The van der Waals surface area contributed by atoms with Crippen LogP contribution in [-0.4, -0.2) is 10.1 Å². The van der Waals surface area contributed by atoms with Gasteiger partial charge in [0.2, 0.25) is 5.82 Å². The summed E-state index contributed by atoms with van der Waals surface area (Å²) in [4.78, 5) is 4.40. The molecule has 0 bridgehead atoms. The van der Waals surface area contributed by atoms with E-state index >= 15 is 0 Å². The van der Waals surface area contributed by atoms with Crippen molar-refractivity contribution in [3.8, 4) is 17.1 Å². The molecule has 2 aromatic carbocycles. The van der Waals surface area contributed by atoms with Crippen LogP contribution in [0.4, 0.5) is 0 Å². The molecular weight excluding hydrogens is 264 g/mol. The molecule has 0 saturated heterocycles. The van der Waals surface area contributed by atoms with Crippen molar-refractivity contribution in [1.29, 1.82) is 0 Å². The van der Waals surface area contributed by atoms with E-state index in [0.717, 1.165) is 11.3 Å². The van der Waals surface area contributed by atoms with E-state index in [4.69, 9.17) is 9.26 Å². The minimum atomic E-state index is -0.293. The lowest BCUT2D eigenvalue weighted by atomic mass is 10.1. The first-order valence-electron chi connectivity index (χ1n) is 6.85. The molecule has 3 aromatic rings. The quantitative estimate of drug-likeness (QED) is 0.719. The van der Waals surface area contributed by atoms with Crippen LogP contribution in [0, 0.1) is 6.92 Å². The van der Waals surface area contributed by atoms with E-state index in [-0.39, 0.29) is 6.10 Å². The maximum atomic E-state index is 5.77. The first-order valence-corrected chi connectivity index (χ1v) is 6.85. The Hall–Kier alpha value is -2.62. The Morgan fingerprint density at radius 1 is 1.00 bits per heavy atom. The zero-order chi connectivity index (χ0) is 14.7. The lowest BCUT2D eigenvalue weighted by Crippen LogP contribution is -2.03. The van der Waals surface area contributed by atoms with Crippen molar-refractivity contribution in [3.05, 3.63) is 66.1 Å². The van der Waals surface area contributed by atoms with Gasteiger partial charge in [0.1, 0.15) is 5.75 Å². The molecule has 0 radical (unpaired) electrons. The molecule has 0 unspecified atom stereocenters. The van der Waals surface area contributed by atoms with Crippen LogP contribution in [0.5, 0.6) is 5.75 Å². The smallest absolute Gasteiger partial charge is 0.267 e. The molecule has 4 heteroatoms. The number of para-hydroxylation sites is 1. The number of nitrogens with zero attached hydrogens (tertiary/aromatic N) is 2. The van der Waals surface area contributed by atoms with Crippen LogP contribution in [0.15, 0.2) is 59.1 Å². The van der Waals surface area contributed by atoms with Crippen LogP contribution in [-0.2, 0) is 0 Å². The molecule has 0 aliphatic carbocycles. The maximum absolute atomic E-state index is 5.77. The van der Waals surface area contributed by atoms with Gasteiger partial charge in [0.15, 0.2) is 6.10 Å². The molecule has 0 spiro atoms. The fourth-order valence-corrected chi connectivity index (χ4v) is 1.97. The van der Waals surface area contributed by atoms with Gasteiger partial charge in [-0.05, 0) is 26.0 Å². The molecule has 0 aliphatic rings. The third-order valence-corrected chi connectivity index (χ3v) is 3.16. The second kappa shape index (κ2) is 5.79. The molecule has 3 rings (SSSR count). The minimum absolute atomic E-state index is 0.293. The molecule has 1 aromatic heterocycles. The summed E-state index contributed by atoms with van der Waals surface area (Å²) in [6.45, 7) is 3.93. The first-order chi connectivity index (χ1) is 10.2. The van der Waals surface area contributed by atoms with E-state index in [2.05, 4.69) is 10.1 Å². The predicted molar refractivity (Wildman–Crippen MR) is 80.0 cm³/mol. The molecule has 4 nitrogen and oxygen atoms in total. The van der Waals surface area contributed by atoms with Gasteiger partial charge < -0.3 is 9.26 Å². The monoisotopic (exact) mass is 280 g/mol. The highest BCUT2D eigenvalue weighted by Gasteiger charge is 2.16. The van der Waals surface area contributed by atoms with Crippen molar-refractivity contribution in [2.75, 3.05) is 0 Å². The highest BCUT2D eigenvalue weighted by atomic mass is 16.5. The lowest BCUT2D eigenvalue weighted by molar-refractivity contribution is 0.176. The number of rotatable bonds is 4. The van der Waals surface area contributed by atoms with Gasteiger partial charge in [0.25, 0.3) is 5.89 Å². The summed E-state index contributed by atoms with van der Waals surface area (Å²) in [6, 6.07) is 17.6. The largest absolute Gasteiger partial charge is 0.481 e. The van der Waals surface area contributed by atoms with Gasteiger partial charge in [0, 0.05) is 5.56 Å². The Labute approximate surface area is 123 Å². The topological polar surface area (TPSA) is 48.2 Å². The number of aryl methyl sites for hydroxylation is 1. The van der Waals surface area contributed by atoms with Crippen LogP contribution < -0.4 is 4.74 Å². The fraction of sp³-hybridized carbons (Fsp3) is 0.176. The molecule has 1 atom stereocenters. The third-order valence-electron chi connectivity index (χ3n) is 3.16. The van der Waals surface area contributed by atoms with Gasteiger partial charge in [-0.2, -0.15) is 4.98 Å². The Morgan fingerprint density at radius 2 is 1.71 bits per heavy atom. The number of benzene rings is 2. The van der Waals surface area contributed by atoms with Crippen LogP contribution in [0.2, 0.25) is 0 Å². The van der Waals surface area contributed by atoms with E-state index in [1.807, 2.05) is 68.4 Å². The molecule has 1 heterocycles. The Balaban J connectivity index is 1.76. The maximum Gasteiger partial charge on any atom is 0.267 e. The SMILES string of the molecule is Cc1ccc(-c2noc([C@H](C)Oc3ccccc3)n2)cc1. The van der Waals surface area contributed by atoms with Crippen LogP contribution in [0.1, 0.15) is 24.5 Å². The molecule has 0 saturated carbocycles. The number of aromatic nitrogens is 2. The normalized spacial score (nSPS) is 12.1. The van der Waals surface area contributed by atoms with E-state index < -0.39 is 0 Å². The van der Waals surface area contributed by atoms with Crippen molar-refractivity contribution in [2.24, 2.45) is 0 Å². The molecule has 106 valence electrons. The van der Waals surface area contributed by atoms with Gasteiger partial charge >= 0.3 is 0 Å². The van der Waals surface area contributed by atoms with Gasteiger partial charge in [-0.1, -0.05) is 53.2 Å². The standard InChI is InChI=1S/C17H16N2O2/c1-12-8-10-14(11-9-12)16-18-17(21-19-16)13(2)20-15-6-4-3-5-7-15/h3-11,13H,1-2H3/t13-/m0/s1. The first kappa shape index (κ1) is 13.4. The van der Waals surface area contributed by atoms with E-state index in [0.29, 0.717) is 11.7 Å². The highest BCUT2D eigenvalue weighted by Crippen LogP contribution is 2.23. The van der Waals surface area contributed by atoms with Crippen molar-refractivity contribution in [1.82, 2.24) is 10.1 Å². The van der Waals surface area contributed by atoms with Gasteiger partial charge in [-0.15, -0.1) is 0 Å². The zero-order valence-electron chi connectivity index (χ0n) is 12.0. The highest BCUT2D eigenvalue weighted by molar-refractivity contribution is 5.54. The second-order valence-electron chi connectivity index (χ2n) is 4.90. The zero-order valence-corrected chi connectivity index (χ0v) is 12.0. The van der Waals surface area contributed by atoms with Gasteiger partial charge in [-0.3, -0.25) is 0 Å². The summed E-state index contributed by atoms with van der Waals surface area (Å²) in [5.41, 5.74) is 2.13. The summed E-state index contributed by atoms with van der Waals surface area (Å²) in [6.07, 6.45) is -0.293. The Kier molecular flexibility index (Phi) is 3.69. The summed E-state index contributed by atoms with van der Waals surface area (Å²) in [5, 5.41) is 4.01. The molecule has 0 fully saturated rings. The van der Waals surface area contributed by atoms with Crippen LogP contribution in [0.25, 0.3) is 11.4 Å². The van der Waals surface area contributed by atoms with Crippen LogP contribution >= 0.6 is 0 Å². The molecule has 0 N–H and O–H groups in total. The molecule has 0 amide bonds. The van der Waals surface area contributed by atoms with Crippen molar-refractivity contribution >= 4 is 0 Å². The van der Waals surface area contributed by atoms with E-state index in [1.165, 1.54) is 5.56 Å². The molecular formula is C17H16N2O2. The summed E-state index contributed by atoms with van der Waals surface area (Å²) >= 11 is 0. The summed E-state index contributed by atoms with van der Waals surface area (Å²) < 4.78 is 11.1. The summed E-state index contributed by atoms with van der Waals surface area (Å²) in [7, 11) is 0. The number of hydrogen-bond acceptors (Lipinski definition) is 4. The third kappa shape index (κ3) is 3.11. The van der Waals surface area contributed by atoms with Crippen molar-refractivity contribution < 1.29 is 9.26 Å². The van der Waals surface area contributed by atoms with Crippen LogP contribution in [0.3, 0.4) is 0 Å². The average molecular weight is 280 g/mol. The number of ether oxygens (including phenoxy) is 1. The lowest BCUT2D eigenvalue weighted by Gasteiger charge is -2.09. The van der Waals surface area contributed by atoms with Gasteiger partial charge in [0.05, 0.1) is 0 Å². The van der Waals surface area contributed by atoms with Crippen molar-refractivity contribution in [3.63, 3.8) is 0 Å². The van der Waals surface area contributed by atoms with E-state index in [1.54, 1.807) is 0 Å². The molecule has 0 aliphatic heterocycles. The fourth-order valence-electron chi connectivity index (χ4n) is 1.97. The predicted octanol–water partition coefficient (Wildman–Crippen LogP) is 4.19. The Morgan fingerprint density at radius 3 is 2.43 bits per heavy atom. The van der Waals surface area contributed by atoms with Gasteiger partial charge in [-0.25, -0.2) is 0 Å². The average Bonchev–Trinajstić information content (AvgIpc) is 2.99. The number of hydrogen-bond donors (Lipinski definition) is 0. The minimum Gasteiger partial charge on any atom is -0.481 e. The van der Waals surface area contributed by atoms with E-state index in [9.17, 15) is 0 Å². The summed E-state index contributed by atoms with van der Waals surface area (Å²) in [5.74, 6) is 1.82. The second-order valence-corrected chi connectivity index (χ2v) is 4.90. The van der Waals surface area contributed by atoms with Crippen molar-refractivity contribution in [2.45, 2.75) is 20.0 Å². The Bertz CT molecular complexity index is 705. The molecule has 21 heavy (non-hydrogen) atoms.